The topological polar surface area (TPSA) is 26.0 Å². The minimum absolute atomic E-state index is 0.785. The Labute approximate surface area is 58.9 Å². The molecule has 1 nitrogen and oxygen atoms in total. The lowest BCUT2D eigenvalue weighted by Gasteiger charge is -1.92. The molecule has 0 heterocycles. The Morgan fingerprint density at radius 1 is 1.44 bits per heavy atom. The third-order valence-corrected chi connectivity index (χ3v) is 0.808. The van der Waals surface area contributed by atoms with E-state index in [0.717, 1.165) is 19.4 Å². The van der Waals surface area contributed by atoms with Crippen molar-refractivity contribution >= 4 is 0 Å². The Hall–Kier alpha value is -0.300. The van der Waals surface area contributed by atoms with Crippen LogP contribution in [0, 0.1) is 0 Å². The van der Waals surface area contributed by atoms with E-state index in [0.29, 0.717) is 0 Å². The van der Waals surface area contributed by atoms with Crippen LogP contribution in [0.4, 0.5) is 0 Å². The van der Waals surface area contributed by atoms with Crippen LogP contribution in [-0.2, 0) is 0 Å². The summed E-state index contributed by atoms with van der Waals surface area (Å²) in [4.78, 5) is 0. The van der Waals surface area contributed by atoms with Crippen LogP contribution in [0.25, 0.3) is 0 Å². The summed E-state index contributed by atoms with van der Waals surface area (Å²) in [7, 11) is 0. The van der Waals surface area contributed by atoms with Crippen LogP contribution in [0.3, 0.4) is 0 Å². The summed E-state index contributed by atoms with van der Waals surface area (Å²) in [5.74, 6) is 0. The molecular weight excluding hydrogens is 110 g/mol. The van der Waals surface area contributed by atoms with Crippen molar-refractivity contribution < 1.29 is 0 Å². The molecule has 0 rings (SSSR count). The van der Waals surface area contributed by atoms with E-state index in [-0.39, 0.29) is 0 Å². The second-order valence-electron chi connectivity index (χ2n) is 1.85. The Morgan fingerprint density at radius 3 is 2.00 bits per heavy atom. The SMILES string of the molecule is C=C(C)CCCN.CC. The number of nitrogens with two attached hydrogens (primary N) is 1. The normalized spacial score (nSPS) is 7.56. The highest BCUT2D eigenvalue weighted by Gasteiger charge is 1.81. The van der Waals surface area contributed by atoms with Crippen LogP contribution < -0.4 is 5.73 Å². The molecule has 56 valence electrons. The van der Waals surface area contributed by atoms with E-state index in [1.165, 1.54) is 5.57 Å². The highest BCUT2D eigenvalue weighted by molar-refractivity contribution is 4.87. The van der Waals surface area contributed by atoms with Crippen molar-refractivity contribution in [1.82, 2.24) is 0 Å². The molecule has 0 saturated heterocycles. The summed E-state index contributed by atoms with van der Waals surface area (Å²) < 4.78 is 0. The molecule has 0 aliphatic rings. The summed E-state index contributed by atoms with van der Waals surface area (Å²) in [6, 6.07) is 0. The van der Waals surface area contributed by atoms with Crippen LogP contribution >= 0.6 is 0 Å². The van der Waals surface area contributed by atoms with Gasteiger partial charge in [0.1, 0.15) is 0 Å². The van der Waals surface area contributed by atoms with Crippen molar-refractivity contribution in [2.24, 2.45) is 5.73 Å². The maximum atomic E-state index is 5.24. The lowest BCUT2D eigenvalue weighted by Crippen LogP contribution is -1.97. The molecular formula is C8H19N. The number of allylic oxidation sites excluding steroid dienone is 1. The largest absolute Gasteiger partial charge is 0.330 e. The summed E-state index contributed by atoms with van der Waals surface area (Å²) in [6.07, 6.45) is 2.16. The summed E-state index contributed by atoms with van der Waals surface area (Å²) in [5, 5.41) is 0. The quantitative estimate of drug-likeness (QED) is 0.581. The summed E-state index contributed by atoms with van der Waals surface area (Å²) in [5.41, 5.74) is 6.46. The molecule has 0 atom stereocenters. The van der Waals surface area contributed by atoms with Gasteiger partial charge in [0.15, 0.2) is 0 Å². The Kier molecular flexibility index (Phi) is 13.6. The minimum atomic E-state index is 0.785. The first-order chi connectivity index (χ1) is 4.27. The van der Waals surface area contributed by atoms with E-state index < -0.39 is 0 Å². The van der Waals surface area contributed by atoms with Crippen LogP contribution in [0.1, 0.15) is 33.6 Å². The Bertz CT molecular complexity index is 57.6. The molecule has 0 aromatic rings. The van der Waals surface area contributed by atoms with Crippen molar-refractivity contribution in [2.45, 2.75) is 33.6 Å². The second-order valence-corrected chi connectivity index (χ2v) is 1.85. The zero-order chi connectivity index (χ0) is 7.70. The Morgan fingerprint density at radius 2 is 1.89 bits per heavy atom. The fourth-order valence-electron chi connectivity index (χ4n) is 0.404. The smallest absolute Gasteiger partial charge is 0.00742 e. The van der Waals surface area contributed by atoms with E-state index in [2.05, 4.69) is 6.58 Å². The van der Waals surface area contributed by atoms with Gasteiger partial charge in [-0.1, -0.05) is 19.4 Å². The molecule has 0 aliphatic carbocycles. The molecule has 0 saturated carbocycles. The highest BCUT2D eigenvalue weighted by Crippen LogP contribution is 1.96. The van der Waals surface area contributed by atoms with Crippen molar-refractivity contribution in [2.75, 3.05) is 6.54 Å². The molecule has 0 spiro atoms. The van der Waals surface area contributed by atoms with Gasteiger partial charge in [-0.25, -0.2) is 0 Å². The first-order valence-corrected chi connectivity index (χ1v) is 3.62. The monoisotopic (exact) mass is 129 g/mol. The number of hydrogen-bond acceptors (Lipinski definition) is 1. The molecule has 0 unspecified atom stereocenters. The van der Waals surface area contributed by atoms with Crippen LogP contribution in [0.2, 0.25) is 0 Å². The summed E-state index contributed by atoms with van der Waals surface area (Å²) in [6.45, 7) is 10.5. The maximum Gasteiger partial charge on any atom is -0.00742 e. The third kappa shape index (κ3) is 18.3. The van der Waals surface area contributed by atoms with E-state index in [9.17, 15) is 0 Å². The first-order valence-electron chi connectivity index (χ1n) is 3.62. The van der Waals surface area contributed by atoms with Gasteiger partial charge in [-0.15, -0.1) is 6.58 Å². The van der Waals surface area contributed by atoms with E-state index in [4.69, 9.17) is 5.73 Å². The lowest BCUT2D eigenvalue weighted by molar-refractivity contribution is 0.826. The average molecular weight is 129 g/mol. The molecule has 0 aromatic carbocycles. The molecule has 0 fully saturated rings. The van der Waals surface area contributed by atoms with Gasteiger partial charge in [0.25, 0.3) is 0 Å². The fraction of sp³-hybridized carbons (Fsp3) is 0.750. The predicted molar refractivity (Wildman–Crippen MR) is 44.5 cm³/mol. The molecule has 1 heteroatoms. The van der Waals surface area contributed by atoms with E-state index in [1.54, 1.807) is 0 Å². The molecule has 0 aliphatic heterocycles. The van der Waals surface area contributed by atoms with E-state index in [1.807, 2.05) is 20.8 Å². The van der Waals surface area contributed by atoms with Gasteiger partial charge in [-0.2, -0.15) is 0 Å². The van der Waals surface area contributed by atoms with Gasteiger partial charge in [0.2, 0.25) is 0 Å². The molecule has 0 aromatic heterocycles. The van der Waals surface area contributed by atoms with Gasteiger partial charge in [0, 0.05) is 0 Å². The lowest BCUT2D eigenvalue weighted by atomic mass is 10.2. The predicted octanol–water partition coefficient (Wildman–Crippen LogP) is 2.33. The third-order valence-electron chi connectivity index (χ3n) is 0.808. The molecule has 2 N–H and O–H groups in total. The Balaban J connectivity index is 0. The van der Waals surface area contributed by atoms with Crippen molar-refractivity contribution in [1.29, 1.82) is 0 Å². The zero-order valence-corrected chi connectivity index (χ0v) is 6.91. The van der Waals surface area contributed by atoms with Crippen molar-refractivity contribution in [3.63, 3.8) is 0 Å². The standard InChI is InChI=1S/C6H13N.C2H6/c1-6(2)4-3-5-7;1-2/h1,3-5,7H2,2H3;1-2H3. The molecule has 0 radical (unpaired) electrons. The van der Waals surface area contributed by atoms with Crippen molar-refractivity contribution in [3.05, 3.63) is 12.2 Å². The van der Waals surface area contributed by atoms with Crippen LogP contribution in [-0.4, -0.2) is 6.54 Å². The van der Waals surface area contributed by atoms with Crippen molar-refractivity contribution in [3.8, 4) is 0 Å². The van der Waals surface area contributed by atoms with Gasteiger partial charge < -0.3 is 5.73 Å². The first kappa shape index (κ1) is 11.5. The van der Waals surface area contributed by atoms with Gasteiger partial charge in [0.05, 0.1) is 0 Å². The fourth-order valence-corrected chi connectivity index (χ4v) is 0.404. The molecule has 0 amide bonds. The number of rotatable bonds is 3. The average Bonchev–Trinajstić information content (AvgIpc) is 1.88. The van der Waals surface area contributed by atoms with Gasteiger partial charge >= 0.3 is 0 Å². The van der Waals surface area contributed by atoms with Gasteiger partial charge in [-0.05, 0) is 26.3 Å². The van der Waals surface area contributed by atoms with Crippen LogP contribution in [0.15, 0.2) is 12.2 Å². The molecule has 9 heavy (non-hydrogen) atoms. The zero-order valence-electron chi connectivity index (χ0n) is 6.91. The molecule has 0 bridgehead atoms. The minimum Gasteiger partial charge on any atom is -0.330 e. The summed E-state index contributed by atoms with van der Waals surface area (Å²) >= 11 is 0. The highest BCUT2D eigenvalue weighted by atomic mass is 14.5. The van der Waals surface area contributed by atoms with Gasteiger partial charge in [-0.3, -0.25) is 0 Å². The number of hydrogen-bond donors (Lipinski definition) is 1. The second kappa shape index (κ2) is 10.6. The maximum absolute atomic E-state index is 5.24. The van der Waals surface area contributed by atoms with Crippen LogP contribution in [0.5, 0.6) is 0 Å². The van der Waals surface area contributed by atoms with E-state index >= 15 is 0 Å².